The van der Waals surface area contributed by atoms with E-state index in [1.807, 2.05) is 0 Å². The van der Waals surface area contributed by atoms with Gasteiger partial charge in [-0.2, -0.15) is 22.0 Å². The number of aromatic nitrogens is 4. The van der Waals surface area contributed by atoms with E-state index in [0.29, 0.717) is 5.69 Å². The predicted octanol–water partition coefficient (Wildman–Crippen LogP) is 4.04. The quantitative estimate of drug-likeness (QED) is 0.357. The second-order valence-electron chi connectivity index (χ2n) is 8.82. The molecule has 4 heterocycles. The molecular formula is C24H19F6N5O3. The van der Waals surface area contributed by atoms with Gasteiger partial charge in [0.05, 0.1) is 24.5 Å². The van der Waals surface area contributed by atoms with E-state index in [2.05, 4.69) is 19.7 Å². The highest BCUT2D eigenvalue weighted by molar-refractivity contribution is 5.65. The van der Waals surface area contributed by atoms with Gasteiger partial charge in [-0.05, 0) is 13.0 Å². The molecule has 1 aromatic carbocycles. The van der Waals surface area contributed by atoms with Crippen LogP contribution in [-0.2, 0) is 0 Å². The lowest BCUT2D eigenvalue weighted by Crippen LogP contribution is -2.69. The van der Waals surface area contributed by atoms with E-state index in [0.717, 1.165) is 11.0 Å². The number of para-hydroxylation sites is 1. The van der Waals surface area contributed by atoms with Gasteiger partial charge in [0.25, 0.3) is 0 Å². The minimum Gasteiger partial charge on any atom is -0.434 e. The van der Waals surface area contributed by atoms with Crippen molar-refractivity contribution in [2.75, 3.05) is 18.0 Å². The molecule has 8 nitrogen and oxygen atoms in total. The first kappa shape index (κ1) is 25.7. The first-order chi connectivity index (χ1) is 17.9. The molecule has 2 N–H and O–H groups in total. The third-order valence-electron chi connectivity index (χ3n) is 6.28. The Kier molecular flexibility index (Phi) is 6.18. The molecule has 0 aliphatic carbocycles. The smallest absolute Gasteiger partial charge is 0.420 e. The van der Waals surface area contributed by atoms with Gasteiger partial charge in [-0.1, -0.05) is 18.2 Å². The van der Waals surface area contributed by atoms with Crippen molar-refractivity contribution in [2.45, 2.75) is 31.4 Å². The maximum Gasteiger partial charge on any atom is 0.420 e. The first-order valence-electron chi connectivity index (χ1n) is 11.1. The molecule has 200 valence electrons. The maximum absolute atomic E-state index is 15.0. The van der Waals surface area contributed by atoms with Crippen LogP contribution in [0.4, 0.5) is 32.3 Å². The Morgan fingerprint density at radius 3 is 2.39 bits per heavy atom. The van der Waals surface area contributed by atoms with Crippen molar-refractivity contribution in [3.63, 3.8) is 0 Å². The highest BCUT2D eigenvalue weighted by atomic mass is 19.4. The minimum absolute atomic E-state index is 0.0116. The summed E-state index contributed by atoms with van der Waals surface area (Å²) in [5, 5.41) is 20.7. The first-order valence-corrected chi connectivity index (χ1v) is 11.1. The Bertz CT molecular complexity index is 1490. The number of hydrogen-bond acceptors (Lipinski definition) is 7. The number of halogens is 6. The Hall–Kier alpha value is -3.91. The fourth-order valence-electron chi connectivity index (χ4n) is 4.33. The third-order valence-corrected chi connectivity index (χ3v) is 6.28. The Balaban J connectivity index is 1.48. The topological polar surface area (TPSA) is 96.0 Å². The second-order valence-corrected chi connectivity index (χ2v) is 8.82. The highest BCUT2D eigenvalue weighted by Crippen LogP contribution is 2.39. The summed E-state index contributed by atoms with van der Waals surface area (Å²) < 4.78 is 85.3. The van der Waals surface area contributed by atoms with Gasteiger partial charge < -0.3 is 19.8 Å². The number of alkyl halides is 5. The lowest BCUT2D eigenvalue weighted by Gasteiger charge is -2.46. The number of imidazole rings is 1. The molecule has 0 unspecified atom stereocenters. The molecule has 14 heteroatoms. The molecule has 4 aromatic rings. The van der Waals surface area contributed by atoms with E-state index in [4.69, 9.17) is 0 Å². The summed E-state index contributed by atoms with van der Waals surface area (Å²) in [6.45, 7) is -3.02. The molecule has 0 bridgehead atoms. The average molecular weight is 539 g/mol. The molecule has 1 aliphatic heterocycles. The molecule has 0 spiro atoms. The molecule has 0 saturated carbocycles. The normalized spacial score (nSPS) is 16.1. The average Bonchev–Trinajstić information content (AvgIpc) is 3.14. The van der Waals surface area contributed by atoms with E-state index < -0.39 is 43.4 Å². The zero-order valence-electron chi connectivity index (χ0n) is 19.5. The summed E-state index contributed by atoms with van der Waals surface area (Å²) in [4.78, 5) is 13.4. The largest absolute Gasteiger partial charge is 0.434 e. The van der Waals surface area contributed by atoms with Gasteiger partial charge >= 0.3 is 12.8 Å². The van der Waals surface area contributed by atoms with Crippen LogP contribution in [0.15, 0.2) is 48.9 Å². The summed E-state index contributed by atoms with van der Waals surface area (Å²) in [7, 11) is 0. The van der Waals surface area contributed by atoms with Crippen LogP contribution in [0, 0.1) is 12.7 Å². The molecular weight excluding hydrogens is 520 g/mol. The number of fused-ring (bicyclic) bond motifs is 1. The molecule has 3 aromatic heterocycles. The summed E-state index contributed by atoms with van der Waals surface area (Å²) in [5.74, 6) is -1.02. The number of β-amino-alcohol motifs (C(OH)–C–C–N with tert-alkyl or cyclic N) is 1. The van der Waals surface area contributed by atoms with Gasteiger partial charge in [-0.25, -0.2) is 19.3 Å². The molecule has 0 radical (unpaired) electrons. The van der Waals surface area contributed by atoms with Crippen LogP contribution in [0.2, 0.25) is 0 Å². The number of aliphatic hydroxyl groups is 2. The van der Waals surface area contributed by atoms with Crippen LogP contribution in [0.25, 0.3) is 16.8 Å². The number of pyridine rings is 1. The monoisotopic (exact) mass is 539 g/mol. The number of aliphatic hydroxyl groups excluding tert-OH is 1. The van der Waals surface area contributed by atoms with Crippen molar-refractivity contribution in [3.8, 4) is 16.9 Å². The molecule has 5 rings (SSSR count). The van der Waals surface area contributed by atoms with Crippen LogP contribution < -0.4 is 9.64 Å². The van der Waals surface area contributed by atoms with Crippen LogP contribution in [0.1, 0.15) is 23.1 Å². The molecule has 0 amide bonds. The summed E-state index contributed by atoms with van der Waals surface area (Å²) >= 11 is 0. The SMILES string of the molecule is Cc1nc2cc(F)c(-c3cnc(N4CC(O)(C(F)(F)F)C4)nc3)cn2c1[C@@H](O)c1ccccc1OC(F)F. The molecule has 1 atom stereocenters. The Morgan fingerprint density at radius 1 is 1.11 bits per heavy atom. The maximum atomic E-state index is 15.0. The van der Waals surface area contributed by atoms with E-state index >= 15 is 4.39 Å². The number of aryl methyl sites for hydroxylation is 1. The van der Waals surface area contributed by atoms with Crippen molar-refractivity contribution in [1.29, 1.82) is 0 Å². The second kappa shape index (κ2) is 9.13. The van der Waals surface area contributed by atoms with Crippen molar-refractivity contribution < 1.29 is 41.3 Å². The summed E-state index contributed by atoms with van der Waals surface area (Å²) in [5.41, 5.74) is -2.02. The minimum atomic E-state index is -4.79. The number of anilines is 1. The highest BCUT2D eigenvalue weighted by Gasteiger charge is 2.61. The van der Waals surface area contributed by atoms with Crippen molar-refractivity contribution in [3.05, 3.63) is 71.7 Å². The van der Waals surface area contributed by atoms with Crippen LogP contribution in [-0.4, -0.2) is 61.0 Å². The Morgan fingerprint density at radius 2 is 1.76 bits per heavy atom. The van der Waals surface area contributed by atoms with Crippen LogP contribution >= 0.6 is 0 Å². The van der Waals surface area contributed by atoms with Crippen LogP contribution in [0.5, 0.6) is 5.75 Å². The van der Waals surface area contributed by atoms with Gasteiger partial charge in [-0.3, -0.25) is 4.40 Å². The number of hydrogen-bond donors (Lipinski definition) is 2. The van der Waals surface area contributed by atoms with Crippen molar-refractivity contribution >= 4 is 11.6 Å². The zero-order chi connectivity index (χ0) is 27.4. The lowest BCUT2D eigenvalue weighted by molar-refractivity contribution is -0.267. The lowest BCUT2D eigenvalue weighted by atomic mass is 9.94. The molecule has 38 heavy (non-hydrogen) atoms. The van der Waals surface area contributed by atoms with Crippen LogP contribution in [0.3, 0.4) is 0 Å². The van der Waals surface area contributed by atoms with Gasteiger partial charge in [0.15, 0.2) is 5.60 Å². The van der Waals surface area contributed by atoms with Gasteiger partial charge in [-0.15, -0.1) is 0 Å². The fourth-order valence-corrected chi connectivity index (χ4v) is 4.33. The summed E-state index contributed by atoms with van der Waals surface area (Å²) in [6, 6.07) is 6.80. The van der Waals surface area contributed by atoms with Gasteiger partial charge in [0.2, 0.25) is 5.95 Å². The predicted molar refractivity (Wildman–Crippen MR) is 121 cm³/mol. The van der Waals surface area contributed by atoms with Gasteiger partial charge in [0.1, 0.15) is 23.3 Å². The van der Waals surface area contributed by atoms with E-state index in [-0.39, 0.29) is 39.7 Å². The Labute approximate surface area is 210 Å². The van der Waals surface area contributed by atoms with Crippen molar-refractivity contribution in [2.24, 2.45) is 0 Å². The van der Waals surface area contributed by atoms with E-state index in [9.17, 15) is 32.2 Å². The molecule has 1 aliphatic rings. The van der Waals surface area contributed by atoms with Crippen molar-refractivity contribution in [1.82, 2.24) is 19.4 Å². The molecule has 1 fully saturated rings. The fraction of sp³-hybridized carbons (Fsp3) is 0.292. The number of nitrogens with zero attached hydrogens (tertiary/aromatic N) is 5. The third kappa shape index (κ3) is 4.39. The number of rotatable bonds is 6. The van der Waals surface area contributed by atoms with Gasteiger partial charge in [0, 0.05) is 41.3 Å². The van der Waals surface area contributed by atoms with E-state index in [1.54, 1.807) is 6.92 Å². The van der Waals surface area contributed by atoms with E-state index in [1.165, 1.54) is 47.3 Å². The number of ether oxygens (including phenoxy) is 1. The number of benzene rings is 1. The molecule has 1 saturated heterocycles. The standard InChI is InChI=1S/C24H19F6N5O3/c1-12-19(20(36)14-4-2-3-5-17(14)38-21(26)27)35-9-15(16(25)6-18(35)33-12)13-7-31-22(32-8-13)34-10-23(37,11-34)24(28,29)30/h2-9,20-21,36-37H,10-11H2,1H3/t20-/m0/s1. The summed E-state index contributed by atoms with van der Waals surface area (Å²) in [6.07, 6.45) is -2.51. The zero-order valence-corrected chi connectivity index (χ0v) is 19.5.